The molecule has 0 radical (unpaired) electrons. The van der Waals surface area contributed by atoms with E-state index in [1.54, 1.807) is 0 Å². The van der Waals surface area contributed by atoms with Gasteiger partial charge in [-0.05, 0) is 62.8 Å². The molecule has 2 aromatic rings. The van der Waals surface area contributed by atoms with Gasteiger partial charge in [-0.2, -0.15) is 0 Å². The van der Waals surface area contributed by atoms with Crippen molar-refractivity contribution in [3.8, 4) is 11.4 Å². The summed E-state index contributed by atoms with van der Waals surface area (Å²) in [6.07, 6.45) is 9.40. The first kappa shape index (κ1) is 16.3. The number of amides is 1. The first-order valence-electron chi connectivity index (χ1n) is 9.42. The molecule has 5 nitrogen and oxygen atoms in total. The molecule has 0 bridgehead atoms. The van der Waals surface area contributed by atoms with Crippen molar-refractivity contribution < 1.29 is 4.79 Å². The number of hydrogen-bond donors (Lipinski definition) is 2. The molecule has 2 aliphatic rings. The lowest BCUT2D eigenvalue weighted by Gasteiger charge is -2.25. The average molecular weight is 338 g/mol. The highest BCUT2D eigenvalue weighted by atomic mass is 16.1. The van der Waals surface area contributed by atoms with Crippen LogP contribution in [-0.4, -0.2) is 21.5 Å². The molecule has 25 heavy (non-hydrogen) atoms. The van der Waals surface area contributed by atoms with Gasteiger partial charge in [-0.15, -0.1) is 0 Å². The van der Waals surface area contributed by atoms with Crippen LogP contribution in [0.4, 0.5) is 5.69 Å². The molecule has 2 unspecified atom stereocenters. The highest BCUT2D eigenvalue weighted by Crippen LogP contribution is 2.27. The molecule has 132 valence electrons. The molecule has 1 aromatic heterocycles. The molecule has 5 heteroatoms. The van der Waals surface area contributed by atoms with E-state index in [2.05, 4.69) is 14.9 Å². The number of nitrogens with two attached hydrogens (primary N) is 1. The van der Waals surface area contributed by atoms with Gasteiger partial charge in [0.2, 0.25) is 5.91 Å². The van der Waals surface area contributed by atoms with E-state index in [1.165, 1.54) is 18.5 Å². The molecule has 1 aromatic carbocycles. The van der Waals surface area contributed by atoms with Crippen LogP contribution in [0.25, 0.3) is 11.4 Å². The van der Waals surface area contributed by atoms with Crippen molar-refractivity contribution in [2.24, 2.45) is 11.7 Å². The number of fused-ring (bicyclic) bond motifs is 1. The van der Waals surface area contributed by atoms with Gasteiger partial charge < -0.3 is 15.6 Å². The van der Waals surface area contributed by atoms with Crippen LogP contribution in [0.15, 0.2) is 30.5 Å². The minimum Gasteiger partial charge on any atom is -0.328 e. The number of hydrogen-bond acceptors (Lipinski definition) is 3. The summed E-state index contributed by atoms with van der Waals surface area (Å²) in [4.78, 5) is 17.0. The molecule has 1 fully saturated rings. The van der Waals surface area contributed by atoms with Gasteiger partial charge in [0.1, 0.15) is 5.82 Å². The topological polar surface area (TPSA) is 72.9 Å². The second-order valence-electron chi connectivity index (χ2n) is 7.37. The second-order valence-corrected chi connectivity index (χ2v) is 7.37. The van der Waals surface area contributed by atoms with E-state index in [0.717, 1.165) is 55.7 Å². The lowest BCUT2D eigenvalue weighted by molar-refractivity contribution is -0.120. The number of carbonyl (C=O) groups is 1. The number of imidazole rings is 1. The van der Waals surface area contributed by atoms with Gasteiger partial charge in [0.05, 0.1) is 0 Å². The summed E-state index contributed by atoms with van der Waals surface area (Å²) in [5.74, 6) is 1.18. The quantitative estimate of drug-likeness (QED) is 0.901. The van der Waals surface area contributed by atoms with E-state index in [4.69, 9.17) is 5.73 Å². The van der Waals surface area contributed by atoms with Crippen LogP contribution in [0.2, 0.25) is 0 Å². The third-order valence-electron chi connectivity index (χ3n) is 5.50. The third kappa shape index (κ3) is 3.47. The van der Waals surface area contributed by atoms with Gasteiger partial charge in [-0.25, -0.2) is 4.98 Å². The summed E-state index contributed by atoms with van der Waals surface area (Å²) in [7, 11) is 0. The smallest absolute Gasteiger partial charge is 0.227 e. The number of benzene rings is 1. The molecule has 1 saturated carbocycles. The van der Waals surface area contributed by atoms with Crippen molar-refractivity contribution in [1.29, 1.82) is 0 Å². The zero-order valence-electron chi connectivity index (χ0n) is 14.6. The molecular formula is C20H26N4O. The van der Waals surface area contributed by atoms with E-state index >= 15 is 0 Å². The number of anilines is 1. The standard InChI is InChI=1S/C20H26N4O/c21-16-5-3-4-15(12-16)20(25)23-17-9-7-14(8-10-17)19-22-13-18-6-1-2-11-24(18)19/h7-10,13,15-16H,1-6,11-12,21H2,(H,23,25). The Kier molecular flexibility index (Phi) is 4.57. The second kappa shape index (κ2) is 7.00. The van der Waals surface area contributed by atoms with Gasteiger partial charge in [-0.1, -0.05) is 6.42 Å². The lowest BCUT2D eigenvalue weighted by atomic mass is 9.85. The number of aryl methyl sites for hydroxylation is 1. The fraction of sp³-hybridized carbons (Fsp3) is 0.500. The molecule has 3 N–H and O–H groups in total. The average Bonchev–Trinajstić information content (AvgIpc) is 3.06. The number of nitrogens with zero attached hydrogens (tertiary/aromatic N) is 2. The van der Waals surface area contributed by atoms with Crippen LogP contribution in [0, 0.1) is 5.92 Å². The number of carbonyl (C=O) groups excluding carboxylic acids is 1. The SMILES string of the molecule is NC1CCCC(C(=O)Nc2ccc(-c3ncc4n3CCCC4)cc2)C1. The molecule has 1 amide bonds. The Morgan fingerprint density at radius 2 is 2.00 bits per heavy atom. The largest absolute Gasteiger partial charge is 0.328 e. The Morgan fingerprint density at radius 3 is 2.80 bits per heavy atom. The van der Waals surface area contributed by atoms with E-state index in [-0.39, 0.29) is 17.9 Å². The van der Waals surface area contributed by atoms with Crippen LogP contribution < -0.4 is 11.1 Å². The lowest BCUT2D eigenvalue weighted by Crippen LogP contribution is -2.34. The van der Waals surface area contributed by atoms with Crippen LogP contribution >= 0.6 is 0 Å². The first-order valence-corrected chi connectivity index (χ1v) is 9.42. The van der Waals surface area contributed by atoms with Crippen molar-refractivity contribution in [1.82, 2.24) is 9.55 Å². The van der Waals surface area contributed by atoms with Crippen LogP contribution in [0.3, 0.4) is 0 Å². The molecule has 2 atom stereocenters. The van der Waals surface area contributed by atoms with Crippen molar-refractivity contribution in [3.63, 3.8) is 0 Å². The predicted molar refractivity (Wildman–Crippen MR) is 99.2 cm³/mol. The Balaban J connectivity index is 1.45. The summed E-state index contributed by atoms with van der Waals surface area (Å²) < 4.78 is 2.32. The van der Waals surface area contributed by atoms with Gasteiger partial charge in [-0.3, -0.25) is 4.79 Å². The van der Waals surface area contributed by atoms with Crippen LogP contribution in [-0.2, 0) is 17.8 Å². The molecule has 1 aliphatic carbocycles. The molecule has 0 spiro atoms. The van der Waals surface area contributed by atoms with Crippen molar-refractivity contribution in [2.45, 2.75) is 57.5 Å². The number of rotatable bonds is 3. The van der Waals surface area contributed by atoms with Crippen molar-refractivity contribution in [2.75, 3.05) is 5.32 Å². The Hall–Kier alpha value is -2.14. The van der Waals surface area contributed by atoms with Gasteiger partial charge in [0.15, 0.2) is 0 Å². The summed E-state index contributed by atoms with van der Waals surface area (Å²) in [6, 6.07) is 8.21. The van der Waals surface area contributed by atoms with Crippen molar-refractivity contribution >= 4 is 11.6 Å². The summed E-state index contributed by atoms with van der Waals surface area (Å²) in [6.45, 7) is 1.05. The van der Waals surface area contributed by atoms with Crippen LogP contribution in [0.5, 0.6) is 0 Å². The maximum absolute atomic E-state index is 12.4. The van der Waals surface area contributed by atoms with Gasteiger partial charge in [0, 0.05) is 41.6 Å². The fourth-order valence-corrected chi connectivity index (χ4v) is 4.08. The Labute approximate surface area is 148 Å². The van der Waals surface area contributed by atoms with E-state index in [0.29, 0.717) is 0 Å². The third-order valence-corrected chi connectivity index (χ3v) is 5.50. The fourth-order valence-electron chi connectivity index (χ4n) is 4.08. The van der Waals surface area contributed by atoms with Gasteiger partial charge >= 0.3 is 0 Å². The molecule has 0 saturated heterocycles. The maximum Gasteiger partial charge on any atom is 0.227 e. The normalized spacial score (nSPS) is 23.1. The summed E-state index contributed by atoms with van der Waals surface area (Å²) in [5.41, 5.74) is 9.27. The first-order chi connectivity index (χ1) is 12.2. The summed E-state index contributed by atoms with van der Waals surface area (Å²) in [5, 5.41) is 3.05. The highest BCUT2D eigenvalue weighted by molar-refractivity contribution is 5.92. The summed E-state index contributed by atoms with van der Waals surface area (Å²) >= 11 is 0. The zero-order valence-corrected chi connectivity index (χ0v) is 14.6. The number of nitrogens with one attached hydrogen (secondary N) is 1. The van der Waals surface area contributed by atoms with Crippen molar-refractivity contribution in [3.05, 3.63) is 36.2 Å². The molecule has 2 heterocycles. The van der Waals surface area contributed by atoms with E-state index in [9.17, 15) is 4.79 Å². The van der Waals surface area contributed by atoms with Crippen LogP contribution in [0.1, 0.15) is 44.2 Å². The number of aromatic nitrogens is 2. The predicted octanol–water partition coefficient (Wildman–Crippen LogP) is 3.34. The molecule has 1 aliphatic heterocycles. The highest BCUT2D eigenvalue weighted by Gasteiger charge is 2.25. The maximum atomic E-state index is 12.4. The zero-order chi connectivity index (χ0) is 17.2. The van der Waals surface area contributed by atoms with Gasteiger partial charge in [0.25, 0.3) is 0 Å². The molecular weight excluding hydrogens is 312 g/mol. The Bertz CT molecular complexity index is 750. The molecule has 4 rings (SSSR count). The minimum atomic E-state index is 0.0442. The van der Waals surface area contributed by atoms with E-state index < -0.39 is 0 Å². The van der Waals surface area contributed by atoms with E-state index in [1.807, 2.05) is 30.5 Å². The minimum absolute atomic E-state index is 0.0442. The monoisotopic (exact) mass is 338 g/mol. The Morgan fingerprint density at radius 1 is 1.16 bits per heavy atom.